The van der Waals surface area contributed by atoms with Crippen LogP contribution in [-0.4, -0.2) is 34.7 Å². The minimum atomic E-state index is -2.68. The first-order valence-electron chi connectivity index (χ1n) is 3.25. The molecule has 2 radical (unpaired) electrons. The van der Waals surface area contributed by atoms with Crippen LogP contribution in [0.4, 0.5) is 0 Å². The average Bonchev–Trinajstić information content (AvgIpc) is 1.96. The Morgan fingerprint density at radius 2 is 2.17 bits per heavy atom. The van der Waals surface area contributed by atoms with E-state index in [1.165, 1.54) is 6.08 Å². The van der Waals surface area contributed by atoms with Gasteiger partial charge in [-0.2, -0.15) is 0 Å². The molecule has 0 aliphatic rings. The molecule has 0 spiro atoms. The van der Waals surface area contributed by atoms with Crippen LogP contribution in [0, 0.1) is 0 Å². The summed E-state index contributed by atoms with van der Waals surface area (Å²) in [5, 5.41) is 17.7. The van der Waals surface area contributed by atoms with Crippen molar-refractivity contribution in [3.63, 3.8) is 0 Å². The summed E-state index contributed by atoms with van der Waals surface area (Å²) in [4.78, 5) is 11.4. The molecule has 0 aromatic heterocycles. The predicted octanol–water partition coefficient (Wildman–Crippen LogP) is -0.701. The third-order valence-electron chi connectivity index (χ3n) is 1.06. The zero-order chi connectivity index (χ0) is 9.78. The molecule has 64 valence electrons. The Morgan fingerprint density at radius 3 is 2.42 bits per heavy atom. The maximum atomic E-state index is 10.9. The number of aliphatic hydroxyl groups is 2. The molecule has 0 saturated heterocycles. The van der Waals surface area contributed by atoms with Crippen LogP contribution in [0.15, 0.2) is 24.9 Å². The van der Waals surface area contributed by atoms with Crippen molar-refractivity contribution in [2.75, 3.05) is 0 Å². The van der Waals surface area contributed by atoms with Gasteiger partial charge in [0.2, 0.25) is 0 Å². The first kappa shape index (κ1) is 10.9. The lowest BCUT2D eigenvalue weighted by molar-refractivity contribution is -0.185. The molecule has 0 aromatic carbocycles. The lowest BCUT2D eigenvalue weighted by atomic mass is 10.0. The fourth-order valence-corrected chi connectivity index (χ4v) is 0.593. The lowest BCUT2D eigenvalue weighted by Crippen LogP contribution is -2.48. The molecule has 2 N–H and O–H groups in total. The van der Waals surface area contributed by atoms with Crippen molar-refractivity contribution in [1.82, 2.24) is 4.90 Å². The number of rotatable bonds is 3. The molecule has 4 nitrogen and oxygen atoms in total. The molecule has 0 bridgehead atoms. The number of nitrogens with zero attached hydrogens (tertiary/aromatic N) is 1. The van der Waals surface area contributed by atoms with Gasteiger partial charge in [0.15, 0.2) is 13.7 Å². The van der Waals surface area contributed by atoms with Gasteiger partial charge in [0.25, 0.3) is 5.91 Å². The normalized spacial score (nSPS) is 11.6. The molecule has 1 amide bonds. The molecule has 0 heterocycles. The zero-order valence-corrected chi connectivity index (χ0v) is 6.77. The van der Waals surface area contributed by atoms with Crippen molar-refractivity contribution in [2.24, 2.45) is 0 Å². The van der Waals surface area contributed by atoms with Gasteiger partial charge in [-0.05, 0) is 13.0 Å². The minimum absolute atomic E-state index is 0.542. The molecule has 0 unspecified atom stereocenters. The van der Waals surface area contributed by atoms with Gasteiger partial charge < -0.3 is 10.2 Å². The summed E-state index contributed by atoms with van der Waals surface area (Å²) in [6.45, 7) is 4.78. The van der Waals surface area contributed by atoms with Crippen LogP contribution in [0.5, 0.6) is 0 Å². The van der Waals surface area contributed by atoms with E-state index < -0.39 is 11.7 Å². The van der Waals surface area contributed by atoms with Crippen LogP contribution in [-0.2, 0) is 4.79 Å². The van der Waals surface area contributed by atoms with E-state index in [1.54, 1.807) is 6.92 Å². The third kappa shape index (κ3) is 2.90. The summed E-state index contributed by atoms with van der Waals surface area (Å²) < 4.78 is 0. The molecule has 12 heavy (non-hydrogen) atoms. The summed E-state index contributed by atoms with van der Waals surface area (Å²) in [7, 11) is 4.86. The van der Waals surface area contributed by atoms with E-state index in [4.69, 9.17) is 18.1 Å². The Hall–Kier alpha value is -1.07. The maximum Gasteiger partial charge on any atom is 0.253 e. The van der Waals surface area contributed by atoms with Gasteiger partial charge in [-0.3, -0.25) is 9.69 Å². The number of hydrogen-bond acceptors (Lipinski definition) is 3. The van der Waals surface area contributed by atoms with Crippen LogP contribution in [0.1, 0.15) is 6.92 Å². The highest BCUT2D eigenvalue weighted by Crippen LogP contribution is 2.05. The first-order valence-corrected chi connectivity index (χ1v) is 3.25. The lowest BCUT2D eigenvalue weighted by Gasteiger charge is -2.28. The van der Waals surface area contributed by atoms with Gasteiger partial charge in [-0.25, -0.2) is 0 Å². The van der Waals surface area contributed by atoms with Gasteiger partial charge in [-0.1, -0.05) is 12.7 Å². The largest absolute Gasteiger partial charge is 0.357 e. The van der Waals surface area contributed by atoms with Gasteiger partial charge >= 0.3 is 0 Å². The second-order valence-electron chi connectivity index (χ2n) is 2.08. The van der Waals surface area contributed by atoms with Crippen LogP contribution in [0.3, 0.4) is 0 Å². The van der Waals surface area contributed by atoms with E-state index in [1.807, 2.05) is 0 Å². The summed E-state index contributed by atoms with van der Waals surface area (Å²) in [6, 6.07) is 0. The first-order chi connectivity index (χ1) is 5.43. The predicted molar refractivity (Wildman–Crippen MR) is 44.8 cm³/mol. The van der Waals surface area contributed by atoms with E-state index in [-0.39, 0.29) is 0 Å². The Labute approximate surface area is 72.2 Å². The van der Waals surface area contributed by atoms with Crippen molar-refractivity contribution in [3.8, 4) is 0 Å². The highest BCUT2D eigenvalue weighted by atomic mass is 16.5. The number of hydrogen-bond donors (Lipinski definition) is 2. The molecular weight excluding hydrogens is 157 g/mol. The molecule has 0 fully saturated rings. The maximum absolute atomic E-state index is 10.9. The number of amides is 1. The van der Waals surface area contributed by atoms with Crippen LogP contribution >= 0.6 is 0 Å². The highest BCUT2D eigenvalue weighted by molar-refractivity contribution is 6.14. The SMILES string of the molecule is [B]C(O)(O)N(/C=C\C)C(=O)C=C. The molecular formula is C7H10BNO3. The second-order valence-corrected chi connectivity index (χ2v) is 2.08. The molecule has 0 aliphatic heterocycles. The van der Waals surface area contributed by atoms with Crippen LogP contribution < -0.4 is 0 Å². The van der Waals surface area contributed by atoms with E-state index in [0.29, 0.717) is 4.90 Å². The summed E-state index contributed by atoms with van der Waals surface area (Å²) >= 11 is 0. The minimum Gasteiger partial charge on any atom is -0.357 e. The Morgan fingerprint density at radius 1 is 1.67 bits per heavy atom. The summed E-state index contributed by atoms with van der Waals surface area (Å²) in [5.41, 5.74) is 0. The second kappa shape index (κ2) is 4.08. The fourth-order valence-electron chi connectivity index (χ4n) is 0.593. The molecule has 0 aromatic rings. The Balaban J connectivity index is 4.67. The summed E-state index contributed by atoms with van der Waals surface area (Å²) in [5.74, 6) is -3.38. The molecule has 5 heteroatoms. The van der Waals surface area contributed by atoms with Gasteiger partial charge in [0.1, 0.15) is 0 Å². The molecule has 0 aliphatic carbocycles. The van der Waals surface area contributed by atoms with Gasteiger partial charge in [-0.15, -0.1) is 0 Å². The topological polar surface area (TPSA) is 60.8 Å². The monoisotopic (exact) mass is 167 g/mol. The van der Waals surface area contributed by atoms with Crippen molar-refractivity contribution < 1.29 is 15.0 Å². The zero-order valence-electron chi connectivity index (χ0n) is 6.77. The van der Waals surface area contributed by atoms with Gasteiger partial charge in [0, 0.05) is 6.20 Å². The van der Waals surface area contributed by atoms with Crippen LogP contribution in [0.2, 0.25) is 0 Å². The molecule has 0 rings (SSSR count). The smallest absolute Gasteiger partial charge is 0.253 e. The van der Waals surface area contributed by atoms with Crippen LogP contribution in [0.25, 0.3) is 0 Å². The highest BCUT2D eigenvalue weighted by Gasteiger charge is 2.25. The van der Waals surface area contributed by atoms with Crippen molar-refractivity contribution in [2.45, 2.75) is 12.7 Å². The van der Waals surface area contributed by atoms with E-state index in [2.05, 4.69) is 6.58 Å². The number of carbonyl (C=O) groups is 1. The van der Waals surface area contributed by atoms with Crippen molar-refractivity contribution in [3.05, 3.63) is 24.9 Å². The number of allylic oxidation sites excluding steroid dienone is 1. The van der Waals surface area contributed by atoms with E-state index in [0.717, 1.165) is 12.3 Å². The fraction of sp³-hybridized carbons (Fsp3) is 0.286. The van der Waals surface area contributed by atoms with Crippen molar-refractivity contribution in [1.29, 1.82) is 0 Å². The molecule has 0 saturated carbocycles. The van der Waals surface area contributed by atoms with E-state index >= 15 is 0 Å². The standard InChI is InChI=1S/C7H10BNO3/c1-3-5-9(6(10)4-2)7(8,11)12/h3-5,11-12H,2H2,1H3/b5-3-. The van der Waals surface area contributed by atoms with Gasteiger partial charge in [0.05, 0.1) is 0 Å². The Kier molecular flexibility index (Phi) is 3.72. The quantitative estimate of drug-likeness (QED) is 0.332. The third-order valence-corrected chi connectivity index (χ3v) is 1.06. The number of carbonyl (C=O) groups excluding carboxylic acids is 1. The Bertz CT molecular complexity index is 207. The van der Waals surface area contributed by atoms with E-state index in [9.17, 15) is 4.79 Å². The van der Waals surface area contributed by atoms with Crippen molar-refractivity contribution >= 4 is 13.8 Å². The molecule has 0 atom stereocenters. The average molecular weight is 167 g/mol. The summed E-state index contributed by atoms with van der Waals surface area (Å²) in [6.07, 6.45) is 3.51.